The van der Waals surface area contributed by atoms with Crippen LogP contribution in [0.5, 0.6) is 11.5 Å². The summed E-state index contributed by atoms with van der Waals surface area (Å²) in [7, 11) is 1.65. The molecule has 6 heteroatoms. The Hall–Kier alpha value is -2.86. The summed E-state index contributed by atoms with van der Waals surface area (Å²) >= 11 is 1.52. The number of hydrazone groups is 1. The number of hydrogen-bond acceptors (Lipinski definition) is 6. The fourth-order valence-corrected chi connectivity index (χ4v) is 3.37. The van der Waals surface area contributed by atoms with Gasteiger partial charge in [0.15, 0.2) is 11.5 Å². The highest BCUT2D eigenvalue weighted by Gasteiger charge is 2.09. The van der Waals surface area contributed by atoms with Crippen LogP contribution in [0.1, 0.15) is 31.7 Å². The maximum Gasteiger partial charge on any atom is 0.203 e. The van der Waals surface area contributed by atoms with Crippen molar-refractivity contribution in [2.24, 2.45) is 5.10 Å². The molecule has 2 aromatic carbocycles. The lowest BCUT2D eigenvalue weighted by molar-refractivity contribution is 0.285. The predicted molar refractivity (Wildman–Crippen MR) is 117 cm³/mol. The van der Waals surface area contributed by atoms with Crippen molar-refractivity contribution in [1.82, 2.24) is 4.98 Å². The van der Waals surface area contributed by atoms with Crippen LogP contribution in [-0.2, 0) is 0 Å². The lowest BCUT2D eigenvalue weighted by atomic mass is 10.2. The standard InChI is InChI=1S/C22H25N3O2S/c1-3-4-8-14-27-21-18(12-9-13-20(21)26-2)15-23-25-22-24-19(16-28-22)17-10-6-5-7-11-17/h5-7,9-13,15-16H,3-4,8,14H2,1-2H3,(H,24,25). The minimum Gasteiger partial charge on any atom is -0.493 e. The van der Waals surface area contributed by atoms with Gasteiger partial charge < -0.3 is 9.47 Å². The fourth-order valence-electron chi connectivity index (χ4n) is 2.70. The third kappa shape index (κ3) is 5.33. The zero-order valence-electron chi connectivity index (χ0n) is 16.2. The van der Waals surface area contributed by atoms with E-state index in [9.17, 15) is 0 Å². The van der Waals surface area contributed by atoms with Gasteiger partial charge in [0.1, 0.15) is 0 Å². The Morgan fingerprint density at radius 1 is 1.11 bits per heavy atom. The van der Waals surface area contributed by atoms with Crippen LogP contribution in [0.2, 0.25) is 0 Å². The second-order valence-electron chi connectivity index (χ2n) is 6.21. The molecule has 0 fully saturated rings. The highest BCUT2D eigenvalue weighted by molar-refractivity contribution is 7.14. The number of benzene rings is 2. The van der Waals surface area contributed by atoms with Crippen LogP contribution in [0.15, 0.2) is 59.0 Å². The number of hydrogen-bond donors (Lipinski definition) is 1. The number of rotatable bonds is 10. The molecule has 0 unspecified atom stereocenters. The van der Waals surface area contributed by atoms with Gasteiger partial charge in [-0.3, -0.25) is 5.43 Å². The van der Waals surface area contributed by atoms with E-state index in [0.717, 1.165) is 47.0 Å². The number of para-hydroxylation sites is 1. The molecule has 0 aliphatic rings. The number of nitrogens with zero attached hydrogens (tertiary/aromatic N) is 2. The van der Waals surface area contributed by atoms with Gasteiger partial charge in [0.25, 0.3) is 0 Å². The Labute approximate surface area is 170 Å². The van der Waals surface area contributed by atoms with Crippen molar-refractivity contribution in [3.05, 3.63) is 59.5 Å². The molecule has 0 saturated heterocycles. The second-order valence-corrected chi connectivity index (χ2v) is 7.07. The first-order chi connectivity index (χ1) is 13.8. The van der Waals surface area contributed by atoms with Crippen molar-refractivity contribution in [2.75, 3.05) is 19.1 Å². The molecule has 0 aliphatic heterocycles. The smallest absolute Gasteiger partial charge is 0.203 e. The van der Waals surface area contributed by atoms with Crippen molar-refractivity contribution in [3.63, 3.8) is 0 Å². The largest absolute Gasteiger partial charge is 0.493 e. The zero-order chi connectivity index (χ0) is 19.6. The van der Waals surface area contributed by atoms with Crippen molar-refractivity contribution in [3.8, 4) is 22.8 Å². The van der Waals surface area contributed by atoms with Gasteiger partial charge in [0, 0.05) is 16.5 Å². The van der Waals surface area contributed by atoms with Crippen LogP contribution in [0.4, 0.5) is 5.13 Å². The van der Waals surface area contributed by atoms with Crippen LogP contribution in [0, 0.1) is 0 Å². The molecular formula is C22H25N3O2S. The maximum atomic E-state index is 5.97. The van der Waals surface area contributed by atoms with Crippen LogP contribution in [-0.4, -0.2) is 24.9 Å². The average molecular weight is 396 g/mol. The number of methoxy groups -OCH3 is 1. The molecule has 0 aliphatic carbocycles. The molecule has 0 bridgehead atoms. The van der Waals surface area contributed by atoms with Gasteiger partial charge in [-0.15, -0.1) is 11.3 Å². The van der Waals surface area contributed by atoms with Gasteiger partial charge >= 0.3 is 0 Å². The molecule has 1 aromatic heterocycles. The Morgan fingerprint density at radius 3 is 2.75 bits per heavy atom. The van der Waals surface area contributed by atoms with Gasteiger partial charge in [0.2, 0.25) is 5.13 Å². The Kier molecular flexibility index (Phi) is 7.44. The van der Waals surface area contributed by atoms with Gasteiger partial charge in [-0.05, 0) is 18.6 Å². The van der Waals surface area contributed by atoms with Crippen molar-refractivity contribution in [2.45, 2.75) is 26.2 Å². The van der Waals surface area contributed by atoms with Gasteiger partial charge in [-0.2, -0.15) is 5.10 Å². The normalized spacial score (nSPS) is 10.9. The Morgan fingerprint density at radius 2 is 1.96 bits per heavy atom. The number of ether oxygens (including phenoxy) is 2. The summed E-state index contributed by atoms with van der Waals surface area (Å²) in [4.78, 5) is 4.58. The van der Waals surface area contributed by atoms with E-state index >= 15 is 0 Å². The number of nitrogens with one attached hydrogen (secondary N) is 1. The van der Waals surface area contributed by atoms with Crippen molar-refractivity contribution >= 4 is 22.7 Å². The zero-order valence-corrected chi connectivity index (χ0v) is 17.0. The third-order valence-electron chi connectivity index (χ3n) is 4.16. The summed E-state index contributed by atoms with van der Waals surface area (Å²) in [5, 5.41) is 7.09. The minimum atomic E-state index is 0.662. The first kappa shape index (κ1) is 19.9. The highest BCUT2D eigenvalue weighted by atomic mass is 32.1. The summed E-state index contributed by atoms with van der Waals surface area (Å²) < 4.78 is 11.4. The van der Waals surface area contributed by atoms with Crippen LogP contribution in [0.25, 0.3) is 11.3 Å². The molecule has 28 heavy (non-hydrogen) atoms. The number of thiazole rings is 1. The Balaban J connectivity index is 1.67. The monoisotopic (exact) mass is 395 g/mol. The fraction of sp³-hybridized carbons (Fsp3) is 0.273. The molecular weight excluding hydrogens is 370 g/mol. The molecule has 5 nitrogen and oxygen atoms in total. The van der Waals surface area contributed by atoms with E-state index in [2.05, 4.69) is 22.4 Å². The molecule has 3 aromatic rings. The van der Waals surface area contributed by atoms with Crippen LogP contribution >= 0.6 is 11.3 Å². The van der Waals surface area contributed by atoms with E-state index in [1.54, 1.807) is 13.3 Å². The predicted octanol–water partition coefficient (Wildman–Crippen LogP) is 5.83. The molecule has 146 valence electrons. The van der Waals surface area contributed by atoms with E-state index in [4.69, 9.17) is 9.47 Å². The topological polar surface area (TPSA) is 55.7 Å². The molecule has 0 amide bonds. The summed E-state index contributed by atoms with van der Waals surface area (Å²) in [6.07, 6.45) is 5.06. The quantitative estimate of drug-likeness (QED) is 0.266. The van der Waals surface area contributed by atoms with Crippen LogP contribution in [0.3, 0.4) is 0 Å². The highest BCUT2D eigenvalue weighted by Crippen LogP contribution is 2.30. The molecule has 0 saturated carbocycles. The number of anilines is 1. The molecule has 0 spiro atoms. The Bertz CT molecular complexity index is 894. The van der Waals surface area contributed by atoms with Crippen molar-refractivity contribution in [1.29, 1.82) is 0 Å². The van der Waals surface area contributed by atoms with E-state index in [1.807, 2.05) is 53.9 Å². The van der Waals surface area contributed by atoms with Crippen molar-refractivity contribution < 1.29 is 9.47 Å². The van der Waals surface area contributed by atoms with Gasteiger partial charge in [0.05, 0.1) is 25.6 Å². The first-order valence-electron chi connectivity index (χ1n) is 9.41. The molecule has 1 heterocycles. The average Bonchev–Trinajstić information content (AvgIpc) is 3.21. The summed E-state index contributed by atoms with van der Waals surface area (Å²) in [6.45, 7) is 2.84. The summed E-state index contributed by atoms with van der Waals surface area (Å²) in [5.41, 5.74) is 5.89. The van der Waals surface area contributed by atoms with E-state index < -0.39 is 0 Å². The third-order valence-corrected chi connectivity index (χ3v) is 4.91. The summed E-state index contributed by atoms with van der Waals surface area (Å²) in [5.74, 6) is 1.43. The van der Waals surface area contributed by atoms with E-state index in [0.29, 0.717) is 12.4 Å². The first-order valence-corrected chi connectivity index (χ1v) is 10.3. The SMILES string of the molecule is CCCCCOc1c(C=NNc2nc(-c3ccccc3)cs2)cccc1OC. The number of aromatic nitrogens is 1. The minimum absolute atomic E-state index is 0.662. The molecule has 0 radical (unpaired) electrons. The summed E-state index contributed by atoms with van der Waals surface area (Å²) in [6, 6.07) is 15.9. The van der Waals surface area contributed by atoms with E-state index in [1.165, 1.54) is 11.3 Å². The molecule has 1 N–H and O–H groups in total. The van der Waals surface area contributed by atoms with Gasteiger partial charge in [-0.25, -0.2) is 4.98 Å². The maximum absolute atomic E-state index is 5.97. The molecule has 0 atom stereocenters. The second kappa shape index (κ2) is 10.5. The lowest BCUT2D eigenvalue weighted by Gasteiger charge is -2.12. The van der Waals surface area contributed by atoms with Crippen LogP contribution < -0.4 is 14.9 Å². The lowest BCUT2D eigenvalue weighted by Crippen LogP contribution is -2.02. The van der Waals surface area contributed by atoms with Gasteiger partial charge in [-0.1, -0.05) is 56.2 Å². The molecule has 3 rings (SSSR count). The van der Waals surface area contributed by atoms with E-state index in [-0.39, 0.29) is 0 Å². The number of unbranched alkanes of at least 4 members (excludes halogenated alkanes) is 2.